The van der Waals surface area contributed by atoms with Gasteiger partial charge in [0.15, 0.2) is 0 Å². The summed E-state index contributed by atoms with van der Waals surface area (Å²) < 4.78 is 0. The van der Waals surface area contributed by atoms with Gasteiger partial charge in [-0.15, -0.1) is 12.3 Å². The number of hydrogen-bond acceptors (Lipinski definition) is 0. The quantitative estimate of drug-likeness (QED) is 0.481. The monoisotopic (exact) mass is 340 g/mol. The number of hydrogen-bond donors (Lipinski definition) is 0. The van der Waals surface area contributed by atoms with Gasteiger partial charge in [0.2, 0.25) is 0 Å². The molecule has 0 aromatic rings. The third-order valence-corrected chi connectivity index (χ3v) is 10.2. The molecule has 0 radical (unpaired) electrons. The Hall–Kier alpha value is -0.440. The molecule has 0 amide bonds. The summed E-state index contributed by atoms with van der Waals surface area (Å²) in [5.74, 6) is 8.98. The molecule has 0 heteroatoms. The molecule has 0 saturated heterocycles. The first-order valence-electron chi connectivity index (χ1n) is 11.5. The Morgan fingerprint density at radius 2 is 1.68 bits per heavy atom. The lowest BCUT2D eigenvalue weighted by Gasteiger charge is -2.61. The highest BCUT2D eigenvalue weighted by Gasteiger charge is 2.59. The second kappa shape index (κ2) is 6.62. The maximum atomic E-state index is 5.59. The van der Waals surface area contributed by atoms with Gasteiger partial charge in [-0.25, -0.2) is 0 Å². The highest BCUT2D eigenvalue weighted by atomic mass is 14.6. The molecule has 0 bridgehead atoms. The van der Waals surface area contributed by atoms with Crippen molar-refractivity contribution in [3.8, 4) is 12.3 Å². The van der Waals surface area contributed by atoms with Gasteiger partial charge in [-0.3, -0.25) is 0 Å². The van der Waals surface area contributed by atoms with Gasteiger partial charge >= 0.3 is 0 Å². The van der Waals surface area contributed by atoms with Crippen LogP contribution in [-0.2, 0) is 0 Å². The molecule has 3 unspecified atom stereocenters. The molecule has 4 fully saturated rings. The average molecular weight is 341 g/mol. The van der Waals surface area contributed by atoms with Crippen LogP contribution in [0.15, 0.2) is 0 Å². The number of fused-ring (bicyclic) bond motifs is 5. The van der Waals surface area contributed by atoms with Crippen molar-refractivity contribution in [1.29, 1.82) is 0 Å². The fourth-order valence-electron chi connectivity index (χ4n) is 8.56. The minimum absolute atomic E-state index is 0.613. The standard InChI is InChI=1S/C25H40/c1-5-7-8-19-10-12-22-21-11-9-20-17-18(6-2)13-15-25(20,4)23(21)14-16-24(19,22)3/h1,18-23H,6-17H2,2-4H3/t18-,19?,20+,21-,22?,23?,24+,25-/m0/s1. The molecule has 0 aromatic carbocycles. The fraction of sp³-hybridized carbons (Fsp3) is 0.920. The predicted molar refractivity (Wildman–Crippen MR) is 107 cm³/mol. The molecule has 0 aromatic heterocycles. The van der Waals surface area contributed by atoms with E-state index < -0.39 is 0 Å². The van der Waals surface area contributed by atoms with Crippen LogP contribution in [0.4, 0.5) is 0 Å². The van der Waals surface area contributed by atoms with E-state index in [1.807, 2.05) is 0 Å². The van der Waals surface area contributed by atoms with E-state index in [-0.39, 0.29) is 0 Å². The third kappa shape index (κ3) is 2.71. The maximum Gasteiger partial charge on any atom is 0.00889 e. The molecule has 0 spiro atoms. The Kier molecular flexibility index (Phi) is 4.75. The zero-order valence-electron chi connectivity index (χ0n) is 17.0. The fourth-order valence-corrected chi connectivity index (χ4v) is 8.56. The van der Waals surface area contributed by atoms with E-state index in [1.165, 1.54) is 57.8 Å². The van der Waals surface area contributed by atoms with Crippen LogP contribution >= 0.6 is 0 Å². The first-order chi connectivity index (χ1) is 12.0. The van der Waals surface area contributed by atoms with Crippen molar-refractivity contribution in [3.05, 3.63) is 0 Å². The minimum atomic E-state index is 0.613. The highest BCUT2D eigenvalue weighted by Crippen LogP contribution is 2.68. The van der Waals surface area contributed by atoms with Crippen LogP contribution in [-0.4, -0.2) is 0 Å². The molecular weight excluding hydrogens is 300 g/mol. The lowest BCUT2D eigenvalue weighted by atomic mass is 9.44. The van der Waals surface area contributed by atoms with Crippen molar-refractivity contribution in [2.45, 2.75) is 97.8 Å². The minimum Gasteiger partial charge on any atom is -0.120 e. The van der Waals surface area contributed by atoms with Crippen LogP contribution in [0.25, 0.3) is 0 Å². The summed E-state index contributed by atoms with van der Waals surface area (Å²) in [6.07, 6.45) is 22.9. The Morgan fingerprint density at radius 3 is 2.44 bits per heavy atom. The first kappa shape index (κ1) is 17.9. The summed E-state index contributed by atoms with van der Waals surface area (Å²) in [5.41, 5.74) is 1.29. The van der Waals surface area contributed by atoms with Crippen molar-refractivity contribution in [3.63, 3.8) is 0 Å². The van der Waals surface area contributed by atoms with Crippen molar-refractivity contribution in [2.75, 3.05) is 0 Å². The summed E-state index contributed by atoms with van der Waals surface area (Å²) in [6, 6.07) is 0. The second-order valence-electron chi connectivity index (χ2n) is 10.8. The molecule has 4 aliphatic carbocycles. The molecule has 0 N–H and O–H groups in total. The van der Waals surface area contributed by atoms with Crippen molar-refractivity contribution >= 4 is 0 Å². The molecule has 4 rings (SSSR count). The predicted octanol–water partition coefficient (Wildman–Crippen LogP) is 7.08. The molecule has 4 aliphatic rings. The molecule has 4 saturated carbocycles. The SMILES string of the molecule is C#CCCC1CCC2[C@@H]3CC[C@@H]4C[C@@H](CC)CC[C@]4(C)C3CC[C@]12C. The largest absolute Gasteiger partial charge is 0.120 e. The van der Waals surface area contributed by atoms with Crippen LogP contribution in [0.5, 0.6) is 0 Å². The molecule has 0 aliphatic heterocycles. The van der Waals surface area contributed by atoms with Gasteiger partial charge in [0.25, 0.3) is 0 Å². The van der Waals surface area contributed by atoms with Crippen molar-refractivity contribution in [1.82, 2.24) is 0 Å². The van der Waals surface area contributed by atoms with Gasteiger partial charge in [-0.2, -0.15) is 0 Å². The first-order valence-corrected chi connectivity index (χ1v) is 11.5. The van der Waals surface area contributed by atoms with Gasteiger partial charge in [0.1, 0.15) is 0 Å². The number of rotatable bonds is 3. The van der Waals surface area contributed by atoms with Gasteiger partial charge in [0.05, 0.1) is 0 Å². The topological polar surface area (TPSA) is 0 Å². The molecular formula is C25H40. The van der Waals surface area contributed by atoms with E-state index in [4.69, 9.17) is 6.42 Å². The average Bonchev–Trinajstić information content (AvgIpc) is 2.95. The zero-order chi connectivity index (χ0) is 17.7. The van der Waals surface area contributed by atoms with E-state index in [2.05, 4.69) is 26.7 Å². The summed E-state index contributed by atoms with van der Waals surface area (Å²) in [7, 11) is 0. The Bertz CT molecular complexity index is 527. The van der Waals surface area contributed by atoms with Crippen LogP contribution in [0, 0.1) is 58.7 Å². The Morgan fingerprint density at radius 1 is 0.920 bits per heavy atom. The molecule has 0 heterocycles. The lowest BCUT2D eigenvalue weighted by molar-refractivity contribution is -0.118. The molecule has 8 atom stereocenters. The number of terminal acetylenes is 1. The van der Waals surface area contributed by atoms with Crippen LogP contribution in [0.1, 0.15) is 97.8 Å². The smallest absolute Gasteiger partial charge is 0.00889 e. The summed E-state index contributed by atoms with van der Waals surface area (Å²) in [4.78, 5) is 0. The maximum absolute atomic E-state index is 5.59. The summed E-state index contributed by atoms with van der Waals surface area (Å²) >= 11 is 0. The Balaban J connectivity index is 1.53. The summed E-state index contributed by atoms with van der Waals surface area (Å²) in [6.45, 7) is 7.79. The van der Waals surface area contributed by atoms with Gasteiger partial charge < -0.3 is 0 Å². The van der Waals surface area contributed by atoms with E-state index in [0.29, 0.717) is 10.8 Å². The van der Waals surface area contributed by atoms with E-state index >= 15 is 0 Å². The van der Waals surface area contributed by atoms with Gasteiger partial charge in [0, 0.05) is 6.42 Å². The highest BCUT2D eigenvalue weighted by molar-refractivity contribution is 5.09. The molecule has 25 heavy (non-hydrogen) atoms. The van der Waals surface area contributed by atoms with Crippen LogP contribution < -0.4 is 0 Å². The van der Waals surface area contributed by atoms with Crippen LogP contribution in [0.2, 0.25) is 0 Å². The summed E-state index contributed by atoms with van der Waals surface area (Å²) in [5, 5.41) is 0. The lowest BCUT2D eigenvalue weighted by Crippen LogP contribution is -2.53. The normalized spacial score (nSPS) is 51.9. The zero-order valence-corrected chi connectivity index (χ0v) is 17.0. The van der Waals surface area contributed by atoms with Crippen molar-refractivity contribution in [2.24, 2.45) is 46.3 Å². The second-order valence-corrected chi connectivity index (χ2v) is 10.8. The molecule has 140 valence electrons. The van der Waals surface area contributed by atoms with Gasteiger partial charge in [-0.1, -0.05) is 27.2 Å². The van der Waals surface area contributed by atoms with Crippen molar-refractivity contribution < 1.29 is 0 Å². The third-order valence-electron chi connectivity index (χ3n) is 10.2. The van der Waals surface area contributed by atoms with E-state index in [1.54, 1.807) is 12.8 Å². The Labute approximate surface area is 156 Å². The van der Waals surface area contributed by atoms with Crippen LogP contribution in [0.3, 0.4) is 0 Å². The van der Waals surface area contributed by atoms with E-state index in [0.717, 1.165) is 41.9 Å². The molecule has 0 nitrogen and oxygen atoms in total. The van der Waals surface area contributed by atoms with Gasteiger partial charge in [-0.05, 0) is 111 Å². The van der Waals surface area contributed by atoms with E-state index in [9.17, 15) is 0 Å².